The number of thiazole rings is 1. The van der Waals surface area contributed by atoms with Crippen LogP contribution in [0.4, 0.5) is 0 Å². The van der Waals surface area contributed by atoms with E-state index in [2.05, 4.69) is 15.3 Å². The van der Waals surface area contributed by atoms with Gasteiger partial charge in [0.25, 0.3) is 0 Å². The van der Waals surface area contributed by atoms with Gasteiger partial charge in [-0.2, -0.15) is 0 Å². The highest BCUT2D eigenvalue weighted by atomic mass is 35.5. The highest BCUT2D eigenvalue weighted by Crippen LogP contribution is 2.22. The van der Waals surface area contributed by atoms with E-state index in [1.165, 1.54) is 0 Å². The summed E-state index contributed by atoms with van der Waals surface area (Å²) in [4.78, 5) is 20.6. The average Bonchev–Trinajstić information content (AvgIpc) is 3.10. The van der Waals surface area contributed by atoms with E-state index >= 15 is 0 Å². The van der Waals surface area contributed by atoms with E-state index in [0.29, 0.717) is 24.4 Å². The molecular weight excluding hydrogens is 354 g/mol. The third-order valence-corrected chi connectivity index (χ3v) is 4.89. The van der Waals surface area contributed by atoms with E-state index in [1.807, 2.05) is 41.8 Å². The summed E-state index contributed by atoms with van der Waals surface area (Å²) in [6.45, 7) is 0.591. The van der Waals surface area contributed by atoms with Gasteiger partial charge in [0.2, 0.25) is 5.91 Å². The molecule has 0 saturated carbocycles. The van der Waals surface area contributed by atoms with Crippen LogP contribution in [0.1, 0.15) is 17.7 Å². The van der Waals surface area contributed by atoms with Crippen molar-refractivity contribution in [2.45, 2.75) is 19.3 Å². The molecule has 2 heterocycles. The van der Waals surface area contributed by atoms with Crippen LogP contribution in [0.15, 0.2) is 54.2 Å². The highest BCUT2D eigenvalue weighted by molar-refractivity contribution is 7.13. The van der Waals surface area contributed by atoms with Gasteiger partial charge in [-0.25, -0.2) is 4.98 Å². The van der Waals surface area contributed by atoms with Crippen LogP contribution in [0.3, 0.4) is 0 Å². The Morgan fingerprint density at radius 1 is 1.16 bits per heavy atom. The van der Waals surface area contributed by atoms with Crippen LogP contribution in [-0.4, -0.2) is 22.4 Å². The molecule has 0 spiro atoms. The average molecular weight is 372 g/mol. The standard InChI is InChI=1S/C19H18ClN3OS/c20-16-3-1-2-14(12-16)4-5-18(24)22-11-8-17-13-25-19(23-17)15-6-9-21-10-7-15/h1-3,6-7,9-10,12-13H,4-5,8,11H2,(H,22,24). The maximum Gasteiger partial charge on any atom is 0.220 e. The first-order valence-corrected chi connectivity index (χ1v) is 9.32. The summed E-state index contributed by atoms with van der Waals surface area (Å²) in [7, 11) is 0. The Bertz CT molecular complexity index is 835. The van der Waals surface area contributed by atoms with Gasteiger partial charge in [0.1, 0.15) is 5.01 Å². The van der Waals surface area contributed by atoms with E-state index in [4.69, 9.17) is 11.6 Å². The number of nitrogens with zero attached hydrogens (tertiary/aromatic N) is 2. The molecule has 2 aromatic heterocycles. The van der Waals surface area contributed by atoms with Crippen molar-refractivity contribution >= 4 is 28.8 Å². The Morgan fingerprint density at radius 2 is 2.00 bits per heavy atom. The zero-order chi connectivity index (χ0) is 17.5. The molecule has 4 nitrogen and oxygen atoms in total. The fourth-order valence-corrected chi connectivity index (χ4v) is 3.49. The third kappa shape index (κ3) is 5.37. The summed E-state index contributed by atoms with van der Waals surface area (Å²) in [5, 5.41) is 6.66. The Kier molecular flexibility index (Phi) is 6.14. The second kappa shape index (κ2) is 8.74. The minimum atomic E-state index is 0.0459. The van der Waals surface area contributed by atoms with Crippen LogP contribution in [0.5, 0.6) is 0 Å². The molecule has 0 aliphatic heterocycles. The van der Waals surface area contributed by atoms with Gasteiger partial charge in [-0.1, -0.05) is 23.7 Å². The summed E-state index contributed by atoms with van der Waals surface area (Å²) in [6.07, 6.45) is 5.40. The van der Waals surface area contributed by atoms with Gasteiger partial charge in [-0.15, -0.1) is 11.3 Å². The second-order valence-electron chi connectivity index (χ2n) is 5.61. The molecular formula is C19H18ClN3OS. The first kappa shape index (κ1) is 17.6. The molecule has 0 unspecified atom stereocenters. The van der Waals surface area contributed by atoms with Crippen molar-refractivity contribution in [3.8, 4) is 10.6 Å². The lowest BCUT2D eigenvalue weighted by molar-refractivity contribution is -0.121. The molecule has 6 heteroatoms. The lowest BCUT2D eigenvalue weighted by Gasteiger charge is -2.04. The maximum absolute atomic E-state index is 11.9. The summed E-state index contributed by atoms with van der Waals surface area (Å²) in [6, 6.07) is 11.5. The quantitative estimate of drug-likeness (QED) is 0.678. The number of aromatic nitrogens is 2. The van der Waals surface area contributed by atoms with Gasteiger partial charge in [-0.05, 0) is 36.2 Å². The molecule has 3 aromatic rings. The molecule has 0 saturated heterocycles. The van der Waals surface area contributed by atoms with Crippen molar-refractivity contribution in [2.75, 3.05) is 6.54 Å². The monoisotopic (exact) mass is 371 g/mol. The number of halogens is 1. The fraction of sp³-hybridized carbons (Fsp3) is 0.211. The van der Waals surface area contributed by atoms with Crippen molar-refractivity contribution < 1.29 is 4.79 Å². The lowest BCUT2D eigenvalue weighted by atomic mass is 10.1. The molecule has 0 radical (unpaired) electrons. The number of rotatable bonds is 7. The second-order valence-corrected chi connectivity index (χ2v) is 6.90. The zero-order valence-corrected chi connectivity index (χ0v) is 15.2. The molecule has 0 fully saturated rings. The normalized spacial score (nSPS) is 10.6. The van der Waals surface area contributed by atoms with Crippen molar-refractivity contribution in [3.05, 3.63) is 70.5 Å². The van der Waals surface area contributed by atoms with E-state index in [0.717, 1.165) is 28.2 Å². The summed E-state index contributed by atoms with van der Waals surface area (Å²) >= 11 is 7.55. The smallest absolute Gasteiger partial charge is 0.220 e. The number of amides is 1. The van der Waals surface area contributed by atoms with E-state index < -0.39 is 0 Å². The number of nitrogens with one attached hydrogen (secondary N) is 1. The van der Waals surface area contributed by atoms with Gasteiger partial charge >= 0.3 is 0 Å². The maximum atomic E-state index is 11.9. The van der Waals surface area contributed by atoms with Crippen molar-refractivity contribution in [3.63, 3.8) is 0 Å². The van der Waals surface area contributed by atoms with Crippen molar-refractivity contribution in [2.24, 2.45) is 0 Å². The van der Waals surface area contributed by atoms with Crippen LogP contribution in [-0.2, 0) is 17.6 Å². The van der Waals surface area contributed by atoms with Gasteiger partial charge in [-0.3, -0.25) is 9.78 Å². The van der Waals surface area contributed by atoms with Crippen molar-refractivity contribution in [1.29, 1.82) is 0 Å². The van der Waals surface area contributed by atoms with Crippen molar-refractivity contribution in [1.82, 2.24) is 15.3 Å². The Labute approximate surface area is 155 Å². The third-order valence-electron chi connectivity index (χ3n) is 3.71. The summed E-state index contributed by atoms with van der Waals surface area (Å²) < 4.78 is 0. The number of carbonyl (C=O) groups is 1. The number of carbonyl (C=O) groups excluding carboxylic acids is 1. The Morgan fingerprint density at radius 3 is 2.80 bits per heavy atom. The predicted octanol–water partition coefficient (Wildman–Crippen LogP) is 4.15. The van der Waals surface area contributed by atoms with Gasteiger partial charge in [0.05, 0.1) is 5.69 Å². The SMILES string of the molecule is O=C(CCc1cccc(Cl)c1)NCCc1csc(-c2ccncc2)n1. The first-order valence-electron chi connectivity index (χ1n) is 8.06. The molecule has 1 aromatic carbocycles. The number of benzene rings is 1. The molecule has 1 N–H and O–H groups in total. The molecule has 25 heavy (non-hydrogen) atoms. The highest BCUT2D eigenvalue weighted by Gasteiger charge is 2.06. The Balaban J connectivity index is 1.42. The van der Waals surface area contributed by atoms with Crippen LogP contribution in [0.25, 0.3) is 10.6 Å². The molecule has 128 valence electrons. The lowest BCUT2D eigenvalue weighted by Crippen LogP contribution is -2.25. The summed E-state index contributed by atoms with van der Waals surface area (Å²) in [5.41, 5.74) is 3.13. The fourth-order valence-electron chi connectivity index (χ4n) is 2.42. The molecule has 3 rings (SSSR count). The number of hydrogen-bond acceptors (Lipinski definition) is 4. The molecule has 1 amide bonds. The van der Waals surface area contributed by atoms with Crippen LogP contribution in [0, 0.1) is 0 Å². The topological polar surface area (TPSA) is 54.9 Å². The van der Waals surface area contributed by atoms with Crippen LogP contribution < -0.4 is 5.32 Å². The number of pyridine rings is 1. The minimum Gasteiger partial charge on any atom is -0.356 e. The zero-order valence-electron chi connectivity index (χ0n) is 13.6. The molecule has 0 aliphatic rings. The van der Waals surface area contributed by atoms with Gasteiger partial charge in [0, 0.05) is 47.7 Å². The van der Waals surface area contributed by atoms with E-state index in [1.54, 1.807) is 23.7 Å². The largest absolute Gasteiger partial charge is 0.356 e. The van der Waals surface area contributed by atoms with Crippen LogP contribution in [0.2, 0.25) is 5.02 Å². The van der Waals surface area contributed by atoms with E-state index in [-0.39, 0.29) is 5.91 Å². The van der Waals surface area contributed by atoms with Gasteiger partial charge in [0.15, 0.2) is 0 Å². The Hall–Kier alpha value is -2.24. The minimum absolute atomic E-state index is 0.0459. The molecule has 0 bridgehead atoms. The predicted molar refractivity (Wildman–Crippen MR) is 102 cm³/mol. The first-order chi connectivity index (χ1) is 12.2. The summed E-state index contributed by atoms with van der Waals surface area (Å²) in [5.74, 6) is 0.0459. The molecule has 0 atom stereocenters. The number of aryl methyl sites for hydroxylation is 1. The van der Waals surface area contributed by atoms with E-state index in [9.17, 15) is 4.79 Å². The molecule has 0 aliphatic carbocycles. The van der Waals surface area contributed by atoms with Gasteiger partial charge < -0.3 is 5.32 Å². The number of hydrogen-bond donors (Lipinski definition) is 1. The van der Waals surface area contributed by atoms with Crippen LogP contribution >= 0.6 is 22.9 Å².